The van der Waals surface area contributed by atoms with Crippen LogP contribution in [0.1, 0.15) is 54.0 Å². The Kier molecular flexibility index (Phi) is 2.97. The zero-order chi connectivity index (χ0) is 12.9. The summed E-state index contributed by atoms with van der Waals surface area (Å²) in [6.07, 6.45) is 5.70. The Balaban J connectivity index is 1.91. The van der Waals surface area contributed by atoms with Crippen molar-refractivity contribution >= 4 is 0 Å². The molecule has 2 N–H and O–H groups in total. The fraction of sp³-hybridized carbons (Fsp3) is 0.647. The summed E-state index contributed by atoms with van der Waals surface area (Å²) >= 11 is 0. The van der Waals surface area contributed by atoms with Crippen LogP contribution in [-0.2, 0) is 0 Å². The molecule has 2 fully saturated rings. The Bertz CT molecular complexity index is 440. The first-order valence-electron chi connectivity index (χ1n) is 7.39. The molecule has 0 amide bonds. The molecule has 1 nitrogen and oxygen atoms in total. The molecule has 4 atom stereocenters. The van der Waals surface area contributed by atoms with Gasteiger partial charge in [0, 0.05) is 6.04 Å². The summed E-state index contributed by atoms with van der Waals surface area (Å²) in [4.78, 5) is 0. The van der Waals surface area contributed by atoms with Gasteiger partial charge in [0.05, 0.1) is 0 Å². The lowest BCUT2D eigenvalue weighted by molar-refractivity contribution is 0.283. The van der Waals surface area contributed by atoms with Gasteiger partial charge in [-0.1, -0.05) is 24.1 Å². The van der Waals surface area contributed by atoms with E-state index in [2.05, 4.69) is 32.9 Å². The van der Waals surface area contributed by atoms with Gasteiger partial charge in [0.2, 0.25) is 0 Å². The van der Waals surface area contributed by atoms with E-state index in [4.69, 9.17) is 5.73 Å². The Hall–Kier alpha value is -0.820. The van der Waals surface area contributed by atoms with E-state index in [0.717, 1.165) is 17.8 Å². The van der Waals surface area contributed by atoms with Crippen LogP contribution in [0, 0.1) is 38.5 Å². The molecule has 1 heteroatoms. The second-order valence-electron chi connectivity index (χ2n) is 6.68. The van der Waals surface area contributed by atoms with E-state index in [0.29, 0.717) is 0 Å². The van der Waals surface area contributed by atoms with Crippen molar-refractivity contribution in [3.63, 3.8) is 0 Å². The van der Waals surface area contributed by atoms with Crippen molar-refractivity contribution in [1.82, 2.24) is 0 Å². The lowest BCUT2D eigenvalue weighted by Gasteiger charge is -2.30. The van der Waals surface area contributed by atoms with E-state index in [1.54, 1.807) is 0 Å². The van der Waals surface area contributed by atoms with E-state index >= 15 is 0 Å². The molecule has 0 spiro atoms. The summed E-state index contributed by atoms with van der Waals surface area (Å²) < 4.78 is 0. The first-order valence-corrected chi connectivity index (χ1v) is 7.39. The molecule has 98 valence electrons. The fourth-order valence-corrected chi connectivity index (χ4v) is 4.66. The molecular formula is C17H25N. The van der Waals surface area contributed by atoms with Crippen LogP contribution in [0.2, 0.25) is 0 Å². The lowest BCUT2D eigenvalue weighted by Crippen LogP contribution is -2.27. The molecule has 2 saturated carbocycles. The first-order chi connectivity index (χ1) is 8.56. The Morgan fingerprint density at radius 3 is 2.22 bits per heavy atom. The summed E-state index contributed by atoms with van der Waals surface area (Å²) in [6.45, 7) is 6.62. The topological polar surface area (TPSA) is 26.0 Å². The average molecular weight is 243 g/mol. The summed E-state index contributed by atoms with van der Waals surface area (Å²) in [5.41, 5.74) is 12.2. The number of nitrogens with two attached hydrogens (primary N) is 1. The maximum Gasteiger partial charge on any atom is 0.0331 e. The van der Waals surface area contributed by atoms with E-state index in [1.165, 1.54) is 47.9 Å². The van der Waals surface area contributed by atoms with Gasteiger partial charge in [0.25, 0.3) is 0 Å². The highest BCUT2D eigenvalue weighted by Gasteiger charge is 2.42. The Morgan fingerprint density at radius 1 is 1.06 bits per heavy atom. The third kappa shape index (κ3) is 1.89. The Labute approximate surface area is 111 Å². The number of fused-ring (bicyclic) bond motifs is 2. The van der Waals surface area contributed by atoms with E-state index in [9.17, 15) is 0 Å². The molecule has 2 aliphatic rings. The third-order valence-corrected chi connectivity index (χ3v) is 5.33. The molecule has 1 aromatic carbocycles. The second-order valence-corrected chi connectivity index (χ2v) is 6.68. The maximum absolute atomic E-state index is 6.64. The first kappa shape index (κ1) is 12.2. The van der Waals surface area contributed by atoms with Crippen LogP contribution in [0.4, 0.5) is 0 Å². The van der Waals surface area contributed by atoms with Gasteiger partial charge in [0.1, 0.15) is 0 Å². The minimum Gasteiger partial charge on any atom is -0.324 e. The van der Waals surface area contributed by atoms with Crippen molar-refractivity contribution in [3.05, 3.63) is 34.4 Å². The van der Waals surface area contributed by atoms with Crippen LogP contribution in [-0.4, -0.2) is 0 Å². The molecule has 2 bridgehead atoms. The third-order valence-electron chi connectivity index (χ3n) is 5.33. The zero-order valence-electron chi connectivity index (χ0n) is 11.9. The van der Waals surface area contributed by atoms with Crippen molar-refractivity contribution < 1.29 is 0 Å². The average Bonchev–Trinajstić information content (AvgIpc) is 2.88. The van der Waals surface area contributed by atoms with Crippen molar-refractivity contribution in [1.29, 1.82) is 0 Å². The number of hydrogen-bond acceptors (Lipinski definition) is 1. The van der Waals surface area contributed by atoms with Gasteiger partial charge >= 0.3 is 0 Å². The van der Waals surface area contributed by atoms with Crippen LogP contribution in [0.3, 0.4) is 0 Å². The van der Waals surface area contributed by atoms with E-state index in [1.807, 2.05) is 0 Å². The molecule has 0 aliphatic heterocycles. The number of aryl methyl sites for hydroxylation is 3. The monoisotopic (exact) mass is 243 g/mol. The predicted octanol–water partition coefficient (Wildman–Crippen LogP) is 4.05. The minimum atomic E-state index is 0.265. The fourth-order valence-electron chi connectivity index (χ4n) is 4.66. The number of hydrogen-bond donors (Lipinski definition) is 1. The summed E-state index contributed by atoms with van der Waals surface area (Å²) in [5, 5.41) is 0. The highest BCUT2D eigenvalue weighted by Crippen LogP contribution is 2.52. The van der Waals surface area contributed by atoms with E-state index < -0.39 is 0 Å². The zero-order valence-corrected chi connectivity index (χ0v) is 11.9. The van der Waals surface area contributed by atoms with E-state index in [-0.39, 0.29) is 6.04 Å². The molecular weight excluding hydrogens is 218 g/mol. The van der Waals surface area contributed by atoms with Crippen LogP contribution in [0.25, 0.3) is 0 Å². The smallest absolute Gasteiger partial charge is 0.0331 e. The molecule has 3 rings (SSSR count). The number of rotatable bonds is 2. The van der Waals surface area contributed by atoms with Gasteiger partial charge in [-0.3, -0.25) is 0 Å². The molecule has 2 aliphatic carbocycles. The summed E-state index contributed by atoms with van der Waals surface area (Å²) in [5.74, 6) is 2.63. The summed E-state index contributed by atoms with van der Waals surface area (Å²) in [6, 6.07) is 4.84. The lowest BCUT2D eigenvalue weighted by atomic mass is 9.78. The van der Waals surface area contributed by atoms with Crippen LogP contribution < -0.4 is 5.73 Å². The molecule has 18 heavy (non-hydrogen) atoms. The SMILES string of the molecule is Cc1cc(C)c(C(N)C2CC3CCC2C3)c(C)c1. The minimum absolute atomic E-state index is 0.265. The van der Waals surface area contributed by atoms with Gasteiger partial charge in [-0.15, -0.1) is 0 Å². The van der Waals surface area contributed by atoms with Crippen molar-refractivity contribution in [2.75, 3.05) is 0 Å². The van der Waals surface area contributed by atoms with Gasteiger partial charge < -0.3 is 5.73 Å². The summed E-state index contributed by atoms with van der Waals surface area (Å²) in [7, 11) is 0. The van der Waals surface area contributed by atoms with Gasteiger partial charge in [0.15, 0.2) is 0 Å². The van der Waals surface area contributed by atoms with Gasteiger partial charge in [-0.2, -0.15) is 0 Å². The largest absolute Gasteiger partial charge is 0.324 e. The molecule has 1 aromatic rings. The van der Waals surface area contributed by atoms with Crippen LogP contribution in [0.5, 0.6) is 0 Å². The van der Waals surface area contributed by atoms with Crippen LogP contribution in [0.15, 0.2) is 12.1 Å². The van der Waals surface area contributed by atoms with Gasteiger partial charge in [-0.05, 0) is 74.5 Å². The van der Waals surface area contributed by atoms with Crippen LogP contribution >= 0.6 is 0 Å². The number of benzene rings is 1. The second kappa shape index (κ2) is 4.38. The molecule has 0 saturated heterocycles. The van der Waals surface area contributed by atoms with Gasteiger partial charge in [-0.25, -0.2) is 0 Å². The van der Waals surface area contributed by atoms with Crippen molar-refractivity contribution in [2.45, 2.75) is 52.5 Å². The quantitative estimate of drug-likeness (QED) is 0.833. The molecule has 0 aromatic heterocycles. The highest BCUT2D eigenvalue weighted by atomic mass is 14.7. The molecule has 0 radical (unpaired) electrons. The molecule has 4 unspecified atom stereocenters. The predicted molar refractivity (Wildman–Crippen MR) is 76.5 cm³/mol. The van der Waals surface area contributed by atoms with Crippen molar-refractivity contribution in [3.8, 4) is 0 Å². The normalized spacial score (nSPS) is 31.9. The Morgan fingerprint density at radius 2 is 1.72 bits per heavy atom. The standard InChI is InChI=1S/C17H25N/c1-10-6-11(2)16(12(3)7-10)17(18)15-9-13-4-5-14(15)8-13/h6-7,13-15,17H,4-5,8-9,18H2,1-3H3. The highest BCUT2D eigenvalue weighted by molar-refractivity contribution is 5.40. The molecule has 0 heterocycles. The van der Waals surface area contributed by atoms with Crippen molar-refractivity contribution in [2.24, 2.45) is 23.5 Å². The maximum atomic E-state index is 6.64.